The van der Waals surface area contributed by atoms with E-state index in [2.05, 4.69) is 0 Å². The molecule has 0 aromatic heterocycles. The Bertz CT molecular complexity index is 1100. The van der Waals surface area contributed by atoms with E-state index in [9.17, 15) is 40.6 Å². The molecule has 1 saturated carbocycles. The predicted octanol–water partition coefficient (Wildman–Crippen LogP) is 6.09. The summed E-state index contributed by atoms with van der Waals surface area (Å²) in [6.45, 7) is 1.39. The first kappa shape index (κ1) is 27.4. The van der Waals surface area contributed by atoms with Crippen LogP contribution in [0.3, 0.4) is 0 Å². The van der Waals surface area contributed by atoms with Crippen molar-refractivity contribution >= 4 is 5.91 Å². The smallest absolute Gasteiger partial charge is 0.383 e. The van der Waals surface area contributed by atoms with Gasteiger partial charge in [0.2, 0.25) is 0 Å². The van der Waals surface area contributed by atoms with Crippen LogP contribution < -0.4 is 0 Å². The summed E-state index contributed by atoms with van der Waals surface area (Å²) in [6, 6.07) is 6.64. The fourth-order valence-electron chi connectivity index (χ4n) is 5.63. The normalized spacial score (nSPS) is 27.7. The number of hydrogen-bond acceptors (Lipinski definition) is 3. The number of nitrogens with zero attached hydrogens (tertiary/aromatic N) is 1. The number of amides is 1. The summed E-state index contributed by atoms with van der Waals surface area (Å²) in [6.07, 6.45) is -11.7. The van der Waals surface area contributed by atoms with Crippen molar-refractivity contribution in [1.82, 2.24) is 4.90 Å². The van der Waals surface area contributed by atoms with Gasteiger partial charge in [-0.25, -0.2) is 4.39 Å². The van der Waals surface area contributed by atoms with E-state index in [0.717, 1.165) is 0 Å². The highest BCUT2D eigenvalue weighted by atomic mass is 19.4. The van der Waals surface area contributed by atoms with Crippen molar-refractivity contribution in [2.24, 2.45) is 5.92 Å². The Balaban J connectivity index is 1.66. The van der Waals surface area contributed by atoms with E-state index in [-0.39, 0.29) is 30.0 Å². The van der Waals surface area contributed by atoms with Gasteiger partial charge in [0, 0.05) is 25.4 Å². The zero-order valence-corrected chi connectivity index (χ0v) is 20.0. The molecule has 6 atom stereocenters. The van der Waals surface area contributed by atoms with Crippen LogP contribution in [0.15, 0.2) is 42.5 Å². The molecular weight excluding hydrogens is 507 g/mol. The average Bonchev–Trinajstić information content (AvgIpc) is 3.34. The quantitative estimate of drug-likeness (QED) is 0.473. The lowest BCUT2D eigenvalue weighted by Crippen LogP contribution is -2.38. The molecule has 1 amide bonds. The Kier molecular flexibility index (Phi) is 7.33. The maximum Gasteiger partial charge on any atom is 0.416 e. The number of benzene rings is 2. The van der Waals surface area contributed by atoms with E-state index >= 15 is 0 Å². The molecule has 2 aliphatic rings. The summed E-state index contributed by atoms with van der Waals surface area (Å²) < 4.78 is 99.9. The Labute approximate surface area is 209 Å². The number of aliphatic hydroxyl groups is 1. The minimum Gasteiger partial charge on any atom is -0.383 e. The molecule has 1 N–H and O–H groups in total. The summed E-state index contributed by atoms with van der Waals surface area (Å²) in [5, 5.41) is 10.1. The molecule has 0 unspecified atom stereocenters. The van der Waals surface area contributed by atoms with Crippen LogP contribution in [0, 0.1) is 11.7 Å². The minimum atomic E-state index is -4.98. The first-order chi connectivity index (χ1) is 17.2. The van der Waals surface area contributed by atoms with Crippen LogP contribution in [0.1, 0.15) is 60.5 Å². The number of aliphatic hydroxyl groups excluding tert-OH is 1. The number of hydrogen-bond donors (Lipinski definition) is 1. The molecule has 0 bridgehead atoms. The standard InChI is InChI=1S/C26H26F7NO3/c1-13(15-9-16(25(28,29)30)11-17(10-15)26(31,32)33)37-22-8-7-19(20-12-21(35)24(36)34(20)2)23(22)14-3-5-18(27)6-4-14/h3-6,9-11,13,19-23,35H,7-8,12H2,1-2H3/t13-,19+,20+,21+,22+,23+/m1/s1. The van der Waals surface area contributed by atoms with Crippen molar-refractivity contribution in [3.05, 3.63) is 70.5 Å². The predicted molar refractivity (Wildman–Crippen MR) is 119 cm³/mol. The Morgan fingerprint density at radius 2 is 1.54 bits per heavy atom. The van der Waals surface area contributed by atoms with Crippen LogP contribution in [0.5, 0.6) is 0 Å². The van der Waals surface area contributed by atoms with E-state index in [4.69, 9.17) is 4.74 Å². The molecule has 11 heteroatoms. The SMILES string of the molecule is C[C@@H](O[C@H]1CC[C@@H]([C@@H]2C[C@H](O)C(=O)N2C)[C@@H]1c1ccc(F)cc1)c1cc(C(F)(F)F)cc(C(F)(F)F)c1. The zero-order valence-electron chi connectivity index (χ0n) is 20.0. The Hall–Kier alpha value is -2.66. The first-order valence-electron chi connectivity index (χ1n) is 11.8. The molecule has 37 heavy (non-hydrogen) atoms. The van der Waals surface area contributed by atoms with Crippen LogP contribution in [0.2, 0.25) is 0 Å². The van der Waals surface area contributed by atoms with E-state index in [0.29, 0.717) is 30.5 Å². The highest BCUT2D eigenvalue weighted by Gasteiger charge is 2.49. The molecule has 1 saturated heterocycles. The summed E-state index contributed by atoms with van der Waals surface area (Å²) in [7, 11) is 1.57. The Morgan fingerprint density at radius 1 is 0.973 bits per heavy atom. The first-order valence-corrected chi connectivity index (χ1v) is 11.8. The topological polar surface area (TPSA) is 49.8 Å². The van der Waals surface area contributed by atoms with Gasteiger partial charge in [-0.2, -0.15) is 26.3 Å². The zero-order chi connectivity index (χ0) is 27.3. The number of likely N-dealkylation sites (N-methyl/N-ethyl adjacent to an activating group) is 1. The largest absolute Gasteiger partial charge is 0.416 e. The average molecular weight is 533 g/mol. The minimum absolute atomic E-state index is 0.0708. The van der Waals surface area contributed by atoms with E-state index in [1.807, 2.05) is 0 Å². The van der Waals surface area contributed by atoms with Crippen LogP contribution in [-0.4, -0.2) is 41.2 Å². The molecule has 1 aliphatic heterocycles. The number of carbonyl (C=O) groups is 1. The van der Waals surface area contributed by atoms with E-state index in [1.54, 1.807) is 19.2 Å². The second kappa shape index (κ2) is 9.90. The summed E-state index contributed by atoms with van der Waals surface area (Å²) in [5.74, 6) is -1.55. The number of carbonyl (C=O) groups excluding carboxylic acids is 1. The maximum absolute atomic E-state index is 13.6. The van der Waals surface area contributed by atoms with Crippen LogP contribution >= 0.6 is 0 Å². The van der Waals surface area contributed by atoms with Gasteiger partial charge < -0.3 is 14.7 Å². The lowest BCUT2D eigenvalue weighted by Gasteiger charge is -2.33. The van der Waals surface area contributed by atoms with Gasteiger partial charge in [-0.05, 0) is 67.1 Å². The second-order valence-electron chi connectivity index (χ2n) is 9.74. The third-order valence-electron chi connectivity index (χ3n) is 7.45. The van der Waals surface area contributed by atoms with Crippen molar-refractivity contribution in [1.29, 1.82) is 0 Å². The van der Waals surface area contributed by atoms with E-state index in [1.165, 1.54) is 24.0 Å². The highest BCUT2D eigenvalue weighted by molar-refractivity contribution is 5.83. The highest BCUT2D eigenvalue weighted by Crippen LogP contribution is 2.48. The summed E-state index contributed by atoms with van der Waals surface area (Å²) in [4.78, 5) is 13.7. The molecular formula is C26H26F7NO3. The maximum atomic E-state index is 13.6. The fraction of sp³-hybridized carbons (Fsp3) is 0.500. The summed E-state index contributed by atoms with van der Waals surface area (Å²) >= 11 is 0. The van der Waals surface area contributed by atoms with Gasteiger partial charge in [0.05, 0.1) is 23.3 Å². The van der Waals surface area contributed by atoms with Gasteiger partial charge in [0.1, 0.15) is 11.9 Å². The number of alkyl halides is 6. The molecule has 2 aromatic carbocycles. The van der Waals surface area contributed by atoms with Gasteiger partial charge in [-0.3, -0.25) is 4.79 Å². The number of likely N-dealkylation sites (tertiary alicyclic amines) is 1. The lowest BCUT2D eigenvalue weighted by molar-refractivity contribution is -0.143. The number of ether oxygens (including phenoxy) is 1. The van der Waals surface area contributed by atoms with Gasteiger partial charge in [0.25, 0.3) is 5.91 Å². The molecule has 202 valence electrons. The molecule has 2 fully saturated rings. The van der Waals surface area contributed by atoms with Crippen molar-refractivity contribution in [2.75, 3.05) is 7.05 Å². The van der Waals surface area contributed by atoms with Crippen LogP contribution in [0.4, 0.5) is 30.7 Å². The van der Waals surface area contributed by atoms with Crippen molar-refractivity contribution in [3.63, 3.8) is 0 Å². The molecule has 1 aliphatic carbocycles. The molecule has 4 nitrogen and oxygen atoms in total. The summed E-state index contributed by atoms with van der Waals surface area (Å²) in [5.41, 5.74) is -2.45. The van der Waals surface area contributed by atoms with Gasteiger partial charge in [0.15, 0.2) is 0 Å². The number of rotatable bonds is 5. The second-order valence-corrected chi connectivity index (χ2v) is 9.74. The monoisotopic (exact) mass is 533 g/mol. The fourth-order valence-corrected chi connectivity index (χ4v) is 5.63. The molecule has 2 aromatic rings. The van der Waals surface area contributed by atoms with Crippen molar-refractivity contribution < 1.29 is 45.4 Å². The van der Waals surface area contributed by atoms with E-state index < -0.39 is 59.4 Å². The molecule has 4 rings (SSSR count). The van der Waals surface area contributed by atoms with Crippen LogP contribution in [-0.2, 0) is 21.9 Å². The van der Waals surface area contributed by atoms with Gasteiger partial charge in [-0.1, -0.05) is 12.1 Å². The molecule has 1 heterocycles. The van der Waals surface area contributed by atoms with Gasteiger partial charge in [-0.15, -0.1) is 0 Å². The lowest BCUT2D eigenvalue weighted by atomic mass is 9.82. The molecule has 0 spiro atoms. The van der Waals surface area contributed by atoms with Crippen molar-refractivity contribution in [3.8, 4) is 0 Å². The Morgan fingerprint density at radius 3 is 2.03 bits per heavy atom. The van der Waals surface area contributed by atoms with Crippen LogP contribution in [0.25, 0.3) is 0 Å². The third kappa shape index (κ3) is 5.62. The van der Waals surface area contributed by atoms with Gasteiger partial charge >= 0.3 is 12.4 Å². The van der Waals surface area contributed by atoms with Crippen molar-refractivity contribution in [2.45, 2.75) is 68.8 Å². The number of halogens is 7. The molecule has 0 radical (unpaired) electrons. The third-order valence-corrected chi connectivity index (χ3v) is 7.45.